The molecule has 6 aliphatic rings. The third kappa shape index (κ3) is 13.9. The van der Waals surface area contributed by atoms with Crippen molar-refractivity contribution < 1.29 is 29.3 Å². The zero-order chi connectivity index (χ0) is 56.5. The van der Waals surface area contributed by atoms with Crippen LogP contribution in [0.4, 0.5) is 0 Å². The quantitative estimate of drug-likeness (QED) is 0.0476. The van der Waals surface area contributed by atoms with Crippen LogP contribution in [0.3, 0.4) is 0 Å². The molecule has 5 aromatic rings. The number of carbonyl (C=O) groups is 2. The molecule has 0 amide bonds. The standard InChI is InChI=1S/C39H47N3O3.C33H36O3/c1-5-26-15-16-27(22-26)17-19-30-25-29(31-11-8-12-32(30)31)10-9-21-45-37(43)20-18-28-23-33(39(2,3)4)38(44)36(24-28)42-40-34-13-6-7-14-35(34)41-42;1-2-23-13-14-24(20-23)15-16-27-21-26(29-11-6-12-30(27)29)10-7-19-36-28-17-18-31(32(34)22-28)33(35)25-8-4-3-5-9-25/h5-11,13-14,17,19,23-24,26-27,29-32,44H,1,12,15-16,18,20-22,25H2,2-4H3;2-11,15-18,22-24,26-27,29-30,34H,1,12-14,19-21H2/b10-9-,19-17-;10-7-,16-15-. The molecule has 11 rings (SSSR count). The molecule has 9 nitrogen and oxygen atoms in total. The van der Waals surface area contributed by atoms with Crippen molar-refractivity contribution in [2.24, 2.45) is 71.0 Å². The van der Waals surface area contributed by atoms with E-state index in [9.17, 15) is 19.8 Å². The maximum absolute atomic E-state index is 12.8. The lowest BCUT2D eigenvalue weighted by atomic mass is 9.84. The molecule has 12 unspecified atom stereocenters. The van der Waals surface area contributed by atoms with Gasteiger partial charge in [-0.1, -0.05) is 154 Å². The number of esters is 1. The van der Waals surface area contributed by atoms with Crippen LogP contribution in [0.1, 0.15) is 118 Å². The first-order chi connectivity index (χ1) is 39.3. The Morgan fingerprint density at radius 3 is 1.78 bits per heavy atom. The van der Waals surface area contributed by atoms with Gasteiger partial charge in [0, 0.05) is 23.6 Å². The molecule has 422 valence electrons. The maximum atomic E-state index is 12.8. The zero-order valence-corrected chi connectivity index (χ0v) is 47.8. The third-order valence-electron chi connectivity index (χ3n) is 18.4. The van der Waals surface area contributed by atoms with Crippen LogP contribution in [0, 0.1) is 71.0 Å². The van der Waals surface area contributed by atoms with Gasteiger partial charge in [-0.05, 0) is 183 Å². The topological polar surface area (TPSA) is 124 Å². The summed E-state index contributed by atoms with van der Waals surface area (Å²) in [6.07, 6.45) is 45.7. The Labute approximate surface area is 480 Å². The van der Waals surface area contributed by atoms with Gasteiger partial charge >= 0.3 is 5.97 Å². The van der Waals surface area contributed by atoms with Crippen LogP contribution in [0.15, 0.2) is 183 Å². The number of ether oxygens (including phenoxy) is 2. The number of nitrogens with zero attached hydrogens (tertiary/aromatic N) is 3. The van der Waals surface area contributed by atoms with E-state index in [4.69, 9.17) is 9.47 Å². The number of hydrogen-bond donors (Lipinski definition) is 2. The largest absolute Gasteiger partial charge is 0.507 e. The van der Waals surface area contributed by atoms with Gasteiger partial charge in [-0.15, -0.1) is 28.2 Å². The van der Waals surface area contributed by atoms with Crippen LogP contribution in [-0.2, 0) is 21.4 Å². The van der Waals surface area contributed by atoms with Gasteiger partial charge in [-0.2, -0.15) is 0 Å². The second-order valence-corrected chi connectivity index (χ2v) is 24.8. The van der Waals surface area contributed by atoms with E-state index < -0.39 is 0 Å². The van der Waals surface area contributed by atoms with Crippen molar-refractivity contribution in [2.75, 3.05) is 13.2 Å². The lowest BCUT2D eigenvalue weighted by Crippen LogP contribution is -2.14. The molecule has 0 bridgehead atoms. The highest BCUT2D eigenvalue weighted by Gasteiger charge is 2.42. The molecule has 0 aliphatic heterocycles. The number of allylic oxidation sites excluding steroid dienone is 12. The highest BCUT2D eigenvalue weighted by Crippen LogP contribution is 2.51. The Morgan fingerprint density at radius 1 is 0.654 bits per heavy atom. The van der Waals surface area contributed by atoms with Gasteiger partial charge in [0.25, 0.3) is 0 Å². The van der Waals surface area contributed by atoms with E-state index in [0.29, 0.717) is 95.8 Å². The Bertz CT molecular complexity index is 3170. The summed E-state index contributed by atoms with van der Waals surface area (Å²) in [7, 11) is 0. The summed E-state index contributed by atoms with van der Waals surface area (Å²) < 4.78 is 11.5. The Hall–Kier alpha value is -7.26. The molecular weight excluding hydrogens is 1000 g/mol. The van der Waals surface area contributed by atoms with Crippen molar-refractivity contribution in [3.8, 4) is 22.9 Å². The van der Waals surface area contributed by atoms with E-state index >= 15 is 0 Å². The second kappa shape index (κ2) is 26.1. The van der Waals surface area contributed by atoms with Crippen LogP contribution in [0.5, 0.6) is 17.2 Å². The van der Waals surface area contributed by atoms with Crippen molar-refractivity contribution in [1.82, 2.24) is 15.0 Å². The van der Waals surface area contributed by atoms with Gasteiger partial charge in [0.2, 0.25) is 0 Å². The van der Waals surface area contributed by atoms with Crippen molar-refractivity contribution >= 4 is 22.8 Å². The molecule has 6 aliphatic carbocycles. The smallest absolute Gasteiger partial charge is 0.306 e. The molecule has 1 aromatic heterocycles. The summed E-state index contributed by atoms with van der Waals surface area (Å²) in [5.41, 5.74) is 4.28. The SMILES string of the molecule is C=CC1CCC(/C=C\C2CC(/C=C\COC(=O)CCc3cc(-n4nc5ccccc5n4)c(O)c(C(C)(C)C)c3)C3C=CCC23)C1.C=CC1CCC(/C=C\C2CC(/C=C\COc3ccc(C(=O)c4ccccc4)c(O)c3)C3C=CCC23)C1. The predicted molar refractivity (Wildman–Crippen MR) is 325 cm³/mol. The predicted octanol–water partition coefficient (Wildman–Crippen LogP) is 16.0. The van der Waals surface area contributed by atoms with E-state index in [1.165, 1.54) is 68.7 Å². The molecule has 4 aromatic carbocycles. The molecule has 4 fully saturated rings. The van der Waals surface area contributed by atoms with Gasteiger partial charge in [0.05, 0.1) is 5.56 Å². The first kappa shape index (κ1) is 57.0. The van der Waals surface area contributed by atoms with Crippen LogP contribution >= 0.6 is 0 Å². The van der Waals surface area contributed by atoms with Gasteiger partial charge < -0.3 is 19.7 Å². The Kier molecular flexibility index (Phi) is 18.4. The number of aromatic hydroxyl groups is 2. The minimum absolute atomic E-state index is 0.0589. The van der Waals surface area contributed by atoms with Crippen LogP contribution in [-0.4, -0.2) is 50.2 Å². The number of fused-ring (bicyclic) bond motifs is 3. The number of ketones is 1. The summed E-state index contributed by atoms with van der Waals surface area (Å²) in [5.74, 6) is 7.94. The fraction of sp³-hybridized carbons (Fsp3) is 0.417. The average Bonchev–Trinajstić information content (AvgIpc) is 4.57. The van der Waals surface area contributed by atoms with Gasteiger partial charge in [0.1, 0.15) is 47.2 Å². The highest BCUT2D eigenvalue weighted by atomic mass is 16.5. The summed E-state index contributed by atoms with van der Waals surface area (Å²) in [5, 5.41) is 30.8. The van der Waals surface area contributed by atoms with Crippen LogP contribution in [0.25, 0.3) is 16.7 Å². The van der Waals surface area contributed by atoms with E-state index in [0.717, 1.165) is 40.4 Å². The number of hydrogen-bond acceptors (Lipinski definition) is 8. The number of phenolic OH excluding ortho intramolecular Hbond substituents is 2. The normalized spacial score (nSPS) is 27.6. The molecule has 81 heavy (non-hydrogen) atoms. The molecule has 2 N–H and O–H groups in total. The van der Waals surface area contributed by atoms with E-state index in [1.807, 2.05) is 60.7 Å². The van der Waals surface area contributed by atoms with Crippen molar-refractivity contribution in [2.45, 2.75) is 103 Å². The first-order valence-corrected chi connectivity index (χ1v) is 30.0. The third-order valence-corrected chi connectivity index (χ3v) is 18.4. The first-order valence-electron chi connectivity index (χ1n) is 30.0. The molecule has 4 saturated carbocycles. The van der Waals surface area contributed by atoms with Gasteiger partial charge in [-0.25, -0.2) is 0 Å². The number of rotatable bonds is 19. The Balaban J connectivity index is 0.000000186. The number of phenols is 2. The molecule has 0 saturated heterocycles. The number of aromatic nitrogens is 3. The summed E-state index contributed by atoms with van der Waals surface area (Å²) in [6.45, 7) is 14.9. The second-order valence-electron chi connectivity index (χ2n) is 24.8. The van der Waals surface area contributed by atoms with Crippen molar-refractivity contribution in [3.63, 3.8) is 0 Å². The minimum Gasteiger partial charge on any atom is -0.507 e. The number of benzene rings is 4. The van der Waals surface area contributed by atoms with Crippen molar-refractivity contribution in [3.05, 3.63) is 205 Å². The van der Waals surface area contributed by atoms with Gasteiger partial charge in [0.15, 0.2) is 5.78 Å². The van der Waals surface area contributed by atoms with Crippen LogP contribution < -0.4 is 4.74 Å². The fourth-order valence-corrected chi connectivity index (χ4v) is 14.0. The van der Waals surface area contributed by atoms with Crippen LogP contribution in [0.2, 0.25) is 0 Å². The average molecular weight is 1090 g/mol. The lowest BCUT2D eigenvalue weighted by Gasteiger charge is -2.23. The van der Waals surface area contributed by atoms with Crippen molar-refractivity contribution in [1.29, 1.82) is 0 Å². The van der Waals surface area contributed by atoms with Gasteiger partial charge in [-0.3, -0.25) is 9.59 Å². The molecule has 0 radical (unpaired) electrons. The molecule has 1 heterocycles. The number of aryl methyl sites for hydroxylation is 1. The highest BCUT2D eigenvalue weighted by molar-refractivity contribution is 6.10. The monoisotopic (exact) mass is 1090 g/mol. The summed E-state index contributed by atoms with van der Waals surface area (Å²) in [4.78, 5) is 26.9. The molecular formula is C72H83N3O6. The minimum atomic E-state index is -0.305. The number of carbonyl (C=O) groups excluding carboxylic acids is 2. The van der Waals surface area contributed by atoms with E-state index in [1.54, 1.807) is 24.3 Å². The van der Waals surface area contributed by atoms with E-state index in [-0.39, 0.29) is 40.7 Å². The maximum Gasteiger partial charge on any atom is 0.306 e. The zero-order valence-electron chi connectivity index (χ0n) is 47.8. The Morgan fingerprint density at radius 2 is 1.22 bits per heavy atom. The van der Waals surface area contributed by atoms with E-state index in [2.05, 4.69) is 123 Å². The summed E-state index contributed by atoms with van der Waals surface area (Å²) >= 11 is 0. The lowest BCUT2D eigenvalue weighted by molar-refractivity contribution is -0.142. The fourth-order valence-electron chi connectivity index (χ4n) is 14.0. The summed E-state index contributed by atoms with van der Waals surface area (Å²) in [6, 6.07) is 25.4. The molecule has 12 atom stereocenters. The molecule has 0 spiro atoms. The molecule has 9 heteroatoms.